The zero-order chi connectivity index (χ0) is 19.9. The van der Waals surface area contributed by atoms with Gasteiger partial charge in [0, 0.05) is 19.6 Å². The number of nitrogens with zero attached hydrogens (tertiary/aromatic N) is 1. The second kappa shape index (κ2) is 10.6. The molecule has 1 aliphatic rings. The van der Waals surface area contributed by atoms with Gasteiger partial charge in [-0.25, -0.2) is 4.39 Å². The molecule has 1 aromatic carbocycles. The van der Waals surface area contributed by atoms with Crippen LogP contribution in [0.3, 0.4) is 0 Å². The molecule has 1 fully saturated rings. The van der Waals surface area contributed by atoms with Crippen molar-refractivity contribution in [2.24, 2.45) is 5.92 Å². The van der Waals surface area contributed by atoms with E-state index in [9.17, 15) is 4.79 Å². The Bertz CT molecular complexity index is 618. The van der Waals surface area contributed by atoms with Crippen LogP contribution in [-0.2, 0) is 0 Å². The third kappa shape index (κ3) is 6.62. The molecule has 1 saturated heterocycles. The minimum Gasteiger partial charge on any atom is -0.349 e. The summed E-state index contributed by atoms with van der Waals surface area (Å²) < 4.78 is 15.1. The highest BCUT2D eigenvalue weighted by molar-refractivity contribution is 6.43. The zero-order valence-corrected chi connectivity index (χ0v) is 17.9. The van der Waals surface area contributed by atoms with Crippen LogP contribution >= 0.6 is 23.2 Å². The van der Waals surface area contributed by atoms with Crippen LogP contribution in [0.1, 0.15) is 62.7 Å². The predicted octanol–water partition coefficient (Wildman–Crippen LogP) is 5.74. The van der Waals surface area contributed by atoms with Crippen molar-refractivity contribution in [2.75, 3.05) is 26.2 Å². The van der Waals surface area contributed by atoms with Crippen molar-refractivity contribution in [1.29, 1.82) is 0 Å². The van der Waals surface area contributed by atoms with Gasteiger partial charge in [-0.2, -0.15) is 0 Å². The Labute approximate surface area is 172 Å². The van der Waals surface area contributed by atoms with E-state index in [-0.39, 0.29) is 23.0 Å². The Hall–Kier alpha value is -0.840. The van der Waals surface area contributed by atoms with E-state index in [0.717, 1.165) is 19.6 Å². The smallest absolute Gasteiger partial charge is 0.252 e. The second-order valence-electron chi connectivity index (χ2n) is 7.65. The van der Waals surface area contributed by atoms with Crippen LogP contribution in [0, 0.1) is 5.92 Å². The lowest BCUT2D eigenvalue weighted by Gasteiger charge is -2.38. The van der Waals surface area contributed by atoms with Gasteiger partial charge in [0.25, 0.3) is 5.91 Å². The van der Waals surface area contributed by atoms with Gasteiger partial charge in [-0.1, -0.05) is 62.4 Å². The number of carbonyl (C=O) groups is 1. The van der Waals surface area contributed by atoms with E-state index in [1.807, 2.05) is 0 Å². The van der Waals surface area contributed by atoms with Gasteiger partial charge in [0.05, 0.1) is 22.2 Å². The molecule has 6 heteroatoms. The lowest BCUT2D eigenvalue weighted by Crippen LogP contribution is -2.49. The highest BCUT2D eigenvalue weighted by atomic mass is 35.5. The van der Waals surface area contributed by atoms with Crippen LogP contribution in [0.5, 0.6) is 0 Å². The number of rotatable bonds is 9. The maximum absolute atomic E-state index is 15.1. The maximum Gasteiger partial charge on any atom is 0.252 e. The monoisotopic (exact) mass is 416 g/mol. The van der Waals surface area contributed by atoms with Crippen molar-refractivity contribution < 1.29 is 9.18 Å². The molecule has 1 heterocycles. The number of hydrogen-bond acceptors (Lipinski definition) is 2. The van der Waals surface area contributed by atoms with Crippen LogP contribution < -0.4 is 5.32 Å². The van der Waals surface area contributed by atoms with Gasteiger partial charge in [-0.05, 0) is 37.3 Å². The molecular weight excluding hydrogens is 386 g/mol. The Balaban J connectivity index is 1.81. The molecule has 1 atom stereocenters. The Kier molecular flexibility index (Phi) is 8.84. The van der Waals surface area contributed by atoms with Gasteiger partial charge in [-0.15, -0.1) is 0 Å². The molecule has 0 radical (unpaired) electrons. The topological polar surface area (TPSA) is 32.3 Å². The number of likely N-dealkylation sites (tertiary alicyclic amines) is 1. The van der Waals surface area contributed by atoms with Crippen LogP contribution in [0.25, 0.3) is 0 Å². The van der Waals surface area contributed by atoms with Crippen LogP contribution in [0.2, 0.25) is 10.0 Å². The van der Waals surface area contributed by atoms with Crippen LogP contribution in [0.15, 0.2) is 18.2 Å². The van der Waals surface area contributed by atoms with Gasteiger partial charge in [0.2, 0.25) is 0 Å². The molecule has 1 unspecified atom stereocenters. The number of amides is 1. The molecule has 2 rings (SSSR count). The summed E-state index contributed by atoms with van der Waals surface area (Å²) in [5, 5.41) is 3.22. The van der Waals surface area contributed by atoms with Crippen molar-refractivity contribution in [2.45, 2.75) is 58.0 Å². The lowest BCUT2D eigenvalue weighted by atomic mass is 9.91. The molecule has 152 valence electrons. The van der Waals surface area contributed by atoms with E-state index in [1.54, 1.807) is 18.2 Å². The van der Waals surface area contributed by atoms with Gasteiger partial charge >= 0.3 is 0 Å². The number of unbranched alkanes of at least 4 members (excludes halogenated alkanes) is 1. The summed E-state index contributed by atoms with van der Waals surface area (Å²) in [6, 6.07) is 4.88. The standard InChI is InChI=1S/C21H31Cl2FN2O/c1-3-5-7-16(4-2)14-26-12-10-21(24,11-13-26)15-25-20(27)17-8-6-9-18(22)19(17)23/h6,8-9,16H,3-5,7,10-15H2,1-2H3,(H,25,27). The van der Waals surface area contributed by atoms with Crippen LogP contribution in [-0.4, -0.2) is 42.7 Å². The molecule has 1 aliphatic heterocycles. The number of nitrogens with one attached hydrogen (secondary N) is 1. The summed E-state index contributed by atoms with van der Waals surface area (Å²) in [5.41, 5.74) is -1.07. The number of carbonyl (C=O) groups excluding carboxylic acids is 1. The highest BCUT2D eigenvalue weighted by Crippen LogP contribution is 2.28. The van der Waals surface area contributed by atoms with E-state index in [1.165, 1.54) is 25.7 Å². The van der Waals surface area contributed by atoms with E-state index >= 15 is 4.39 Å². The van der Waals surface area contributed by atoms with E-state index in [4.69, 9.17) is 23.2 Å². The van der Waals surface area contributed by atoms with Crippen molar-refractivity contribution >= 4 is 29.1 Å². The highest BCUT2D eigenvalue weighted by Gasteiger charge is 2.35. The molecule has 27 heavy (non-hydrogen) atoms. The molecule has 1 amide bonds. The maximum atomic E-state index is 15.1. The number of alkyl halides is 1. The first kappa shape index (κ1) is 22.4. The molecule has 0 aromatic heterocycles. The molecule has 1 N–H and O–H groups in total. The Morgan fingerprint density at radius 3 is 2.63 bits per heavy atom. The number of hydrogen-bond donors (Lipinski definition) is 1. The number of benzene rings is 1. The number of halogens is 3. The third-order valence-corrected chi connectivity index (χ3v) is 6.39. The second-order valence-corrected chi connectivity index (χ2v) is 8.44. The van der Waals surface area contributed by atoms with Crippen molar-refractivity contribution in [1.82, 2.24) is 10.2 Å². The first-order chi connectivity index (χ1) is 12.9. The molecule has 0 aliphatic carbocycles. The van der Waals surface area contributed by atoms with Gasteiger partial charge in [-0.3, -0.25) is 4.79 Å². The average molecular weight is 417 g/mol. The summed E-state index contributed by atoms with van der Waals surface area (Å²) in [4.78, 5) is 14.7. The van der Waals surface area contributed by atoms with E-state index < -0.39 is 5.67 Å². The Morgan fingerprint density at radius 2 is 2.00 bits per heavy atom. The molecule has 0 bridgehead atoms. The van der Waals surface area contributed by atoms with Gasteiger partial charge in [0.15, 0.2) is 0 Å². The molecule has 1 aromatic rings. The first-order valence-electron chi connectivity index (χ1n) is 10.0. The summed E-state index contributed by atoms with van der Waals surface area (Å²) in [6.45, 7) is 7.00. The van der Waals surface area contributed by atoms with Gasteiger partial charge < -0.3 is 10.2 Å². The molecule has 3 nitrogen and oxygen atoms in total. The van der Waals surface area contributed by atoms with Crippen molar-refractivity contribution in [3.63, 3.8) is 0 Å². The lowest BCUT2D eigenvalue weighted by molar-refractivity contribution is 0.0477. The normalized spacial score (nSPS) is 18.3. The van der Waals surface area contributed by atoms with Gasteiger partial charge in [0.1, 0.15) is 5.67 Å². The number of piperidine rings is 1. The fourth-order valence-corrected chi connectivity index (χ4v) is 4.00. The fraction of sp³-hybridized carbons (Fsp3) is 0.667. The van der Waals surface area contributed by atoms with E-state index in [0.29, 0.717) is 23.8 Å². The largest absolute Gasteiger partial charge is 0.349 e. The summed E-state index contributed by atoms with van der Waals surface area (Å²) in [6.07, 6.45) is 5.80. The van der Waals surface area contributed by atoms with Crippen LogP contribution in [0.4, 0.5) is 4.39 Å². The van der Waals surface area contributed by atoms with Crippen molar-refractivity contribution in [3.05, 3.63) is 33.8 Å². The summed E-state index contributed by atoms with van der Waals surface area (Å²) >= 11 is 12.0. The zero-order valence-electron chi connectivity index (χ0n) is 16.4. The summed E-state index contributed by atoms with van der Waals surface area (Å²) in [7, 11) is 0. The third-order valence-electron chi connectivity index (χ3n) is 5.57. The first-order valence-corrected chi connectivity index (χ1v) is 10.8. The molecular formula is C21H31Cl2FN2O. The van der Waals surface area contributed by atoms with E-state index in [2.05, 4.69) is 24.1 Å². The quantitative estimate of drug-likeness (QED) is 0.555. The minimum absolute atomic E-state index is 0.00948. The SMILES string of the molecule is CCCCC(CC)CN1CCC(F)(CNC(=O)c2cccc(Cl)c2Cl)CC1. The average Bonchev–Trinajstić information content (AvgIpc) is 2.67. The minimum atomic E-state index is -1.36. The molecule has 0 saturated carbocycles. The Morgan fingerprint density at radius 1 is 1.30 bits per heavy atom. The summed E-state index contributed by atoms with van der Waals surface area (Å²) in [5.74, 6) is 0.314. The predicted molar refractivity (Wildman–Crippen MR) is 112 cm³/mol. The van der Waals surface area contributed by atoms with Crippen molar-refractivity contribution in [3.8, 4) is 0 Å². The molecule has 0 spiro atoms. The fourth-order valence-electron chi connectivity index (χ4n) is 3.61.